The molecule has 1 amide bonds. The van der Waals surface area contributed by atoms with Crippen LogP contribution in [0.15, 0.2) is 24.3 Å². The highest BCUT2D eigenvalue weighted by molar-refractivity contribution is 5.87. The first kappa shape index (κ1) is 14.4. The van der Waals surface area contributed by atoms with Gasteiger partial charge in [0.25, 0.3) is 0 Å². The fourth-order valence-corrected chi connectivity index (χ4v) is 3.47. The number of rotatable bonds is 2. The number of fused-ring (bicyclic) bond motifs is 2. The molecule has 4 rings (SSSR count). The number of amides is 1. The molecule has 5 nitrogen and oxygen atoms in total. The Labute approximate surface area is 129 Å². The lowest BCUT2D eigenvalue weighted by Gasteiger charge is -2.17. The van der Waals surface area contributed by atoms with Crippen LogP contribution in [0.1, 0.15) is 5.69 Å². The van der Waals surface area contributed by atoms with Crippen LogP contribution in [0.5, 0.6) is 0 Å². The maximum Gasteiger partial charge on any atom is 0.228 e. The summed E-state index contributed by atoms with van der Waals surface area (Å²) in [6, 6.07) is 7.93. The van der Waals surface area contributed by atoms with E-state index >= 15 is 0 Å². The van der Waals surface area contributed by atoms with Gasteiger partial charge in [-0.05, 0) is 17.9 Å². The quantitative estimate of drug-likeness (QED) is 0.876. The van der Waals surface area contributed by atoms with E-state index in [0.717, 1.165) is 42.8 Å². The molecule has 0 aliphatic carbocycles. The van der Waals surface area contributed by atoms with Gasteiger partial charge in [0.2, 0.25) is 5.91 Å². The normalized spacial score (nSPS) is 24.1. The van der Waals surface area contributed by atoms with Crippen molar-refractivity contribution in [3.63, 3.8) is 0 Å². The third-order valence-corrected chi connectivity index (χ3v) is 4.61. The molecule has 2 atom stereocenters. The summed E-state index contributed by atoms with van der Waals surface area (Å²) in [5.41, 5.74) is 1.86. The van der Waals surface area contributed by atoms with Crippen molar-refractivity contribution in [1.29, 1.82) is 0 Å². The van der Waals surface area contributed by atoms with Crippen molar-refractivity contribution in [3.8, 4) is 0 Å². The van der Waals surface area contributed by atoms with Crippen LogP contribution in [0, 0.1) is 11.8 Å². The predicted octanol–water partition coefficient (Wildman–Crippen LogP) is 1.20. The lowest BCUT2D eigenvalue weighted by atomic mass is 10.0. The van der Waals surface area contributed by atoms with E-state index in [1.165, 1.54) is 0 Å². The summed E-state index contributed by atoms with van der Waals surface area (Å²) in [5.74, 6) is 1.52. The Hall–Kier alpha value is -1.59. The summed E-state index contributed by atoms with van der Waals surface area (Å²) in [4.78, 5) is 14.5. The first-order chi connectivity index (χ1) is 9.81. The second kappa shape index (κ2) is 5.66. The van der Waals surface area contributed by atoms with Crippen LogP contribution >= 0.6 is 12.4 Å². The van der Waals surface area contributed by atoms with Crippen molar-refractivity contribution >= 4 is 29.2 Å². The van der Waals surface area contributed by atoms with Gasteiger partial charge in [-0.25, -0.2) is 0 Å². The largest absolute Gasteiger partial charge is 0.342 e. The van der Waals surface area contributed by atoms with Gasteiger partial charge in [0, 0.05) is 31.6 Å². The van der Waals surface area contributed by atoms with Gasteiger partial charge in [-0.15, -0.1) is 12.4 Å². The van der Waals surface area contributed by atoms with Crippen LogP contribution in [0.4, 0.5) is 0 Å². The van der Waals surface area contributed by atoms with Gasteiger partial charge in [-0.2, -0.15) is 5.10 Å². The highest BCUT2D eigenvalue weighted by Gasteiger charge is 2.37. The molecule has 112 valence electrons. The maximum absolute atomic E-state index is 12.4. The lowest BCUT2D eigenvalue weighted by Crippen LogP contribution is -2.33. The minimum atomic E-state index is 0. The topological polar surface area (TPSA) is 61.0 Å². The summed E-state index contributed by atoms with van der Waals surface area (Å²) >= 11 is 0. The first-order valence-corrected chi connectivity index (χ1v) is 7.22. The van der Waals surface area contributed by atoms with Gasteiger partial charge in [0.15, 0.2) is 0 Å². The first-order valence-electron chi connectivity index (χ1n) is 7.22. The minimum Gasteiger partial charge on any atom is -0.342 e. The van der Waals surface area contributed by atoms with Crippen molar-refractivity contribution < 1.29 is 4.79 Å². The molecule has 6 heteroatoms. The second-order valence-corrected chi connectivity index (χ2v) is 5.87. The summed E-state index contributed by atoms with van der Waals surface area (Å²) in [6.07, 6.45) is 0.424. The standard InChI is InChI=1S/C15H18N4O.ClH/c20-15(19-8-10-6-16-7-11(10)9-19)5-14-12-3-1-2-4-13(12)17-18-14;/h1-4,10-11,16H,5-9H2,(H,17,18);1H/t10-,11+;. The lowest BCUT2D eigenvalue weighted by molar-refractivity contribution is -0.129. The molecule has 2 fully saturated rings. The number of nitrogens with one attached hydrogen (secondary N) is 2. The van der Waals surface area contributed by atoms with Gasteiger partial charge in [-0.1, -0.05) is 18.2 Å². The average Bonchev–Trinajstić information content (AvgIpc) is 3.12. The molecular weight excluding hydrogens is 288 g/mol. The number of para-hydroxylation sites is 1. The van der Waals surface area contributed by atoms with Gasteiger partial charge >= 0.3 is 0 Å². The van der Waals surface area contributed by atoms with Crippen LogP contribution in [-0.4, -0.2) is 47.2 Å². The monoisotopic (exact) mass is 306 g/mol. The van der Waals surface area contributed by atoms with E-state index < -0.39 is 0 Å². The molecule has 0 spiro atoms. The smallest absolute Gasteiger partial charge is 0.228 e. The zero-order valence-corrected chi connectivity index (χ0v) is 12.5. The average molecular weight is 307 g/mol. The van der Waals surface area contributed by atoms with E-state index in [-0.39, 0.29) is 18.3 Å². The number of aromatic amines is 1. The summed E-state index contributed by atoms with van der Waals surface area (Å²) < 4.78 is 0. The number of carbonyl (C=O) groups excluding carboxylic acids is 1. The van der Waals surface area contributed by atoms with Crippen molar-refractivity contribution in [1.82, 2.24) is 20.4 Å². The number of likely N-dealkylation sites (tertiary alicyclic amines) is 1. The number of nitrogens with zero attached hydrogens (tertiary/aromatic N) is 2. The number of benzene rings is 1. The molecule has 0 radical (unpaired) electrons. The molecule has 2 saturated heterocycles. The van der Waals surface area contributed by atoms with Crippen LogP contribution in [-0.2, 0) is 11.2 Å². The molecule has 0 unspecified atom stereocenters. The zero-order valence-electron chi connectivity index (χ0n) is 11.7. The maximum atomic E-state index is 12.4. The Morgan fingerprint density at radius 2 is 1.95 bits per heavy atom. The van der Waals surface area contributed by atoms with E-state index in [0.29, 0.717) is 18.3 Å². The van der Waals surface area contributed by atoms with E-state index in [4.69, 9.17) is 0 Å². The van der Waals surface area contributed by atoms with Crippen molar-refractivity contribution in [2.24, 2.45) is 11.8 Å². The molecule has 1 aromatic carbocycles. The molecule has 0 saturated carbocycles. The Morgan fingerprint density at radius 1 is 1.24 bits per heavy atom. The summed E-state index contributed by atoms with van der Waals surface area (Å²) in [6.45, 7) is 3.92. The van der Waals surface area contributed by atoms with E-state index in [2.05, 4.69) is 15.5 Å². The Kier molecular flexibility index (Phi) is 3.87. The third kappa shape index (κ3) is 2.51. The third-order valence-electron chi connectivity index (χ3n) is 4.61. The number of aromatic nitrogens is 2. The van der Waals surface area contributed by atoms with Crippen LogP contribution in [0.25, 0.3) is 10.9 Å². The van der Waals surface area contributed by atoms with E-state index in [1.54, 1.807) is 0 Å². The van der Waals surface area contributed by atoms with Crippen molar-refractivity contribution in [3.05, 3.63) is 30.0 Å². The SMILES string of the molecule is Cl.O=C(Cc1[nH]nc2ccccc12)N1C[C@H]2CNC[C@H]2C1. The van der Waals surface area contributed by atoms with Crippen LogP contribution in [0.3, 0.4) is 0 Å². The van der Waals surface area contributed by atoms with Crippen molar-refractivity contribution in [2.45, 2.75) is 6.42 Å². The highest BCUT2D eigenvalue weighted by Crippen LogP contribution is 2.27. The molecule has 2 aliphatic heterocycles. The molecular formula is C15H19ClN4O. The highest BCUT2D eigenvalue weighted by atomic mass is 35.5. The number of H-pyrrole nitrogens is 1. The molecule has 21 heavy (non-hydrogen) atoms. The molecule has 2 N–H and O–H groups in total. The molecule has 2 aromatic rings. The van der Waals surface area contributed by atoms with E-state index in [9.17, 15) is 4.79 Å². The van der Waals surface area contributed by atoms with Gasteiger partial charge in [-0.3, -0.25) is 9.89 Å². The number of hydrogen-bond donors (Lipinski definition) is 2. The zero-order chi connectivity index (χ0) is 13.5. The molecule has 3 heterocycles. The summed E-state index contributed by atoms with van der Waals surface area (Å²) in [5, 5.41) is 11.7. The molecule has 0 bridgehead atoms. The van der Waals surface area contributed by atoms with Gasteiger partial charge in [0.1, 0.15) is 0 Å². The fourth-order valence-electron chi connectivity index (χ4n) is 3.47. The number of halogens is 1. The Bertz CT molecular complexity index is 644. The minimum absolute atomic E-state index is 0. The van der Waals surface area contributed by atoms with Gasteiger partial charge in [0.05, 0.1) is 17.6 Å². The summed E-state index contributed by atoms with van der Waals surface area (Å²) in [7, 11) is 0. The molecule has 2 aliphatic rings. The van der Waals surface area contributed by atoms with Crippen molar-refractivity contribution in [2.75, 3.05) is 26.2 Å². The van der Waals surface area contributed by atoms with Gasteiger partial charge < -0.3 is 10.2 Å². The number of hydrogen-bond acceptors (Lipinski definition) is 3. The number of carbonyl (C=O) groups is 1. The van der Waals surface area contributed by atoms with Crippen LogP contribution < -0.4 is 5.32 Å². The Balaban J connectivity index is 0.00000132. The second-order valence-electron chi connectivity index (χ2n) is 5.87. The molecule has 1 aromatic heterocycles. The van der Waals surface area contributed by atoms with E-state index in [1.807, 2.05) is 29.2 Å². The predicted molar refractivity (Wildman–Crippen MR) is 83.5 cm³/mol. The van der Waals surface area contributed by atoms with Crippen LogP contribution in [0.2, 0.25) is 0 Å². The Morgan fingerprint density at radius 3 is 2.71 bits per heavy atom. The fraction of sp³-hybridized carbons (Fsp3) is 0.467.